The third kappa shape index (κ3) is 4.19. The molecule has 0 saturated heterocycles. The molecule has 1 aromatic carbocycles. The number of Topliss-reactive ketones (excluding diaryl/α,β-unsaturated/α-hetero) is 1. The summed E-state index contributed by atoms with van der Waals surface area (Å²) in [6.45, 7) is 6.15. The molecule has 0 radical (unpaired) electrons. The lowest BCUT2D eigenvalue weighted by Gasteiger charge is -2.16. The highest BCUT2D eigenvalue weighted by Gasteiger charge is 2.11. The van der Waals surface area contributed by atoms with Crippen LogP contribution in [-0.2, 0) is 4.74 Å². The topological polar surface area (TPSA) is 35.5 Å². The van der Waals surface area contributed by atoms with Gasteiger partial charge in [0.2, 0.25) is 0 Å². The molecular formula is C14H20O3. The maximum Gasteiger partial charge on any atom is 0.163 e. The van der Waals surface area contributed by atoms with E-state index in [0.29, 0.717) is 17.9 Å². The summed E-state index contributed by atoms with van der Waals surface area (Å²) in [7, 11) is 1.67. The van der Waals surface area contributed by atoms with Crippen molar-refractivity contribution in [3.63, 3.8) is 0 Å². The van der Waals surface area contributed by atoms with E-state index in [0.717, 1.165) is 12.0 Å². The van der Waals surface area contributed by atoms with Crippen molar-refractivity contribution in [1.82, 2.24) is 0 Å². The molecular weight excluding hydrogens is 216 g/mol. The second kappa shape index (κ2) is 6.40. The van der Waals surface area contributed by atoms with Crippen LogP contribution < -0.4 is 4.74 Å². The van der Waals surface area contributed by atoms with Crippen molar-refractivity contribution < 1.29 is 14.3 Å². The zero-order chi connectivity index (χ0) is 12.8. The predicted octanol–water partition coefficient (Wildman–Crippen LogP) is 3.00. The lowest BCUT2D eigenvalue weighted by atomic mass is 10.1. The first-order chi connectivity index (χ1) is 8.04. The van der Waals surface area contributed by atoms with Crippen LogP contribution in [0.2, 0.25) is 0 Å². The second-order valence-corrected chi connectivity index (χ2v) is 4.27. The Morgan fingerprint density at radius 3 is 2.71 bits per heavy atom. The van der Waals surface area contributed by atoms with E-state index in [9.17, 15) is 4.79 Å². The van der Waals surface area contributed by atoms with Crippen LogP contribution in [0.5, 0.6) is 5.75 Å². The van der Waals surface area contributed by atoms with Crippen LogP contribution in [0.1, 0.15) is 36.2 Å². The Bertz CT molecular complexity index is 385. The van der Waals surface area contributed by atoms with Crippen LogP contribution in [0.25, 0.3) is 0 Å². The molecule has 17 heavy (non-hydrogen) atoms. The molecule has 1 unspecified atom stereocenters. The fourth-order valence-corrected chi connectivity index (χ4v) is 1.58. The third-order valence-corrected chi connectivity index (χ3v) is 2.57. The van der Waals surface area contributed by atoms with Crippen LogP contribution in [0, 0.1) is 6.92 Å². The summed E-state index contributed by atoms with van der Waals surface area (Å²) in [4.78, 5) is 11.5. The summed E-state index contributed by atoms with van der Waals surface area (Å²) in [6, 6.07) is 5.67. The van der Waals surface area contributed by atoms with Gasteiger partial charge >= 0.3 is 0 Å². The SMILES string of the molecule is COCCC(C)Oc1ccc(C)cc1C(C)=O. The molecule has 0 heterocycles. The highest BCUT2D eigenvalue weighted by Crippen LogP contribution is 2.22. The molecule has 1 aromatic rings. The first-order valence-corrected chi connectivity index (χ1v) is 5.81. The zero-order valence-corrected chi connectivity index (χ0v) is 10.9. The first-order valence-electron chi connectivity index (χ1n) is 5.81. The van der Waals surface area contributed by atoms with E-state index in [1.54, 1.807) is 14.0 Å². The predicted molar refractivity (Wildman–Crippen MR) is 67.8 cm³/mol. The third-order valence-electron chi connectivity index (χ3n) is 2.57. The number of methoxy groups -OCH3 is 1. The Morgan fingerprint density at radius 1 is 1.41 bits per heavy atom. The fourth-order valence-electron chi connectivity index (χ4n) is 1.58. The molecule has 0 saturated carbocycles. The minimum Gasteiger partial charge on any atom is -0.490 e. The summed E-state index contributed by atoms with van der Waals surface area (Å²) in [5, 5.41) is 0. The molecule has 1 rings (SSSR count). The zero-order valence-electron chi connectivity index (χ0n) is 10.9. The van der Waals surface area contributed by atoms with Gasteiger partial charge in [-0.3, -0.25) is 4.79 Å². The number of benzene rings is 1. The Hall–Kier alpha value is -1.35. The van der Waals surface area contributed by atoms with E-state index in [-0.39, 0.29) is 11.9 Å². The van der Waals surface area contributed by atoms with Gasteiger partial charge in [0.15, 0.2) is 5.78 Å². The number of carbonyl (C=O) groups excluding carboxylic acids is 1. The van der Waals surface area contributed by atoms with Gasteiger partial charge in [0.25, 0.3) is 0 Å². The Labute approximate surface area is 103 Å². The normalized spacial score (nSPS) is 12.2. The minimum atomic E-state index is 0.0302. The molecule has 0 aliphatic carbocycles. The van der Waals surface area contributed by atoms with Gasteiger partial charge in [0.05, 0.1) is 11.7 Å². The monoisotopic (exact) mass is 236 g/mol. The maximum atomic E-state index is 11.5. The minimum absolute atomic E-state index is 0.0302. The second-order valence-electron chi connectivity index (χ2n) is 4.27. The van der Waals surface area contributed by atoms with E-state index in [4.69, 9.17) is 9.47 Å². The number of rotatable bonds is 6. The van der Waals surface area contributed by atoms with Gasteiger partial charge < -0.3 is 9.47 Å². The molecule has 0 fully saturated rings. The Morgan fingerprint density at radius 2 is 2.12 bits per heavy atom. The van der Waals surface area contributed by atoms with Crippen LogP contribution in [0.4, 0.5) is 0 Å². The molecule has 3 heteroatoms. The van der Waals surface area contributed by atoms with Gasteiger partial charge in [0, 0.05) is 20.1 Å². The van der Waals surface area contributed by atoms with Crippen molar-refractivity contribution in [2.24, 2.45) is 0 Å². The summed E-state index contributed by atoms with van der Waals surface area (Å²) < 4.78 is 10.8. The lowest BCUT2D eigenvalue weighted by Crippen LogP contribution is -2.15. The van der Waals surface area contributed by atoms with Gasteiger partial charge in [-0.15, -0.1) is 0 Å². The summed E-state index contributed by atoms with van der Waals surface area (Å²) in [5.41, 5.74) is 1.71. The average molecular weight is 236 g/mol. The van der Waals surface area contributed by atoms with Gasteiger partial charge in [-0.2, -0.15) is 0 Å². The summed E-state index contributed by atoms with van der Waals surface area (Å²) >= 11 is 0. The van der Waals surface area contributed by atoms with E-state index < -0.39 is 0 Å². The number of ether oxygens (including phenoxy) is 2. The highest BCUT2D eigenvalue weighted by atomic mass is 16.5. The van der Waals surface area contributed by atoms with Crippen molar-refractivity contribution in [3.05, 3.63) is 29.3 Å². The fraction of sp³-hybridized carbons (Fsp3) is 0.500. The van der Waals surface area contributed by atoms with Crippen molar-refractivity contribution in [2.45, 2.75) is 33.3 Å². The summed E-state index contributed by atoms with van der Waals surface area (Å²) in [6.07, 6.45) is 0.845. The van der Waals surface area contributed by atoms with Crippen molar-refractivity contribution in [1.29, 1.82) is 0 Å². The number of carbonyl (C=O) groups is 1. The Balaban J connectivity index is 2.79. The molecule has 1 atom stereocenters. The van der Waals surface area contributed by atoms with Gasteiger partial charge in [-0.1, -0.05) is 11.6 Å². The largest absolute Gasteiger partial charge is 0.490 e. The van der Waals surface area contributed by atoms with E-state index in [1.807, 2.05) is 32.0 Å². The molecule has 0 N–H and O–H groups in total. The van der Waals surface area contributed by atoms with Crippen LogP contribution >= 0.6 is 0 Å². The quantitative estimate of drug-likeness (QED) is 0.712. The van der Waals surface area contributed by atoms with Crippen molar-refractivity contribution in [2.75, 3.05) is 13.7 Å². The first kappa shape index (κ1) is 13.7. The average Bonchev–Trinajstić information content (AvgIpc) is 2.28. The number of hydrogen-bond donors (Lipinski definition) is 0. The molecule has 0 spiro atoms. The molecule has 0 amide bonds. The molecule has 3 nitrogen and oxygen atoms in total. The molecule has 0 bridgehead atoms. The lowest BCUT2D eigenvalue weighted by molar-refractivity contribution is 0.100. The maximum absolute atomic E-state index is 11.5. The standard InChI is InChI=1S/C14H20O3/c1-10-5-6-14(13(9-10)12(3)15)17-11(2)7-8-16-4/h5-6,9,11H,7-8H2,1-4H3. The number of ketones is 1. The van der Waals surface area contributed by atoms with Crippen molar-refractivity contribution >= 4 is 5.78 Å². The van der Waals surface area contributed by atoms with Crippen molar-refractivity contribution in [3.8, 4) is 5.75 Å². The smallest absolute Gasteiger partial charge is 0.163 e. The van der Waals surface area contributed by atoms with E-state index in [2.05, 4.69) is 0 Å². The number of aryl methyl sites for hydroxylation is 1. The summed E-state index contributed by atoms with van der Waals surface area (Å²) in [5.74, 6) is 0.689. The molecule has 0 aromatic heterocycles. The van der Waals surface area contributed by atoms with Crippen LogP contribution in [0.3, 0.4) is 0 Å². The van der Waals surface area contributed by atoms with Gasteiger partial charge in [-0.05, 0) is 32.9 Å². The van der Waals surface area contributed by atoms with Gasteiger partial charge in [-0.25, -0.2) is 0 Å². The molecule has 0 aliphatic rings. The Kier molecular flexibility index (Phi) is 5.16. The highest BCUT2D eigenvalue weighted by molar-refractivity contribution is 5.97. The molecule has 0 aliphatic heterocycles. The van der Waals surface area contributed by atoms with Crippen LogP contribution in [-0.4, -0.2) is 25.6 Å². The van der Waals surface area contributed by atoms with E-state index in [1.165, 1.54) is 0 Å². The van der Waals surface area contributed by atoms with E-state index >= 15 is 0 Å². The van der Waals surface area contributed by atoms with Crippen LogP contribution in [0.15, 0.2) is 18.2 Å². The van der Waals surface area contributed by atoms with Gasteiger partial charge in [0.1, 0.15) is 5.75 Å². The molecule has 94 valence electrons. The number of hydrogen-bond acceptors (Lipinski definition) is 3.